The Morgan fingerprint density at radius 1 is 1.35 bits per heavy atom. The molecule has 0 amide bonds. The molecule has 2 aromatic rings. The minimum atomic E-state index is -3.25. The maximum atomic E-state index is 11.2. The molecule has 108 valence electrons. The van der Waals surface area contributed by atoms with Crippen LogP contribution in [0.25, 0.3) is 0 Å². The molecule has 1 aromatic heterocycles. The Bertz CT molecular complexity index is 707. The van der Waals surface area contributed by atoms with E-state index in [0.29, 0.717) is 12.2 Å². The Morgan fingerprint density at radius 2 is 2.10 bits per heavy atom. The molecule has 1 aromatic carbocycles. The van der Waals surface area contributed by atoms with Gasteiger partial charge in [-0.05, 0) is 30.7 Å². The number of imidazole rings is 1. The molecule has 2 N–H and O–H groups in total. The highest BCUT2D eigenvalue weighted by atomic mass is 32.2. The van der Waals surface area contributed by atoms with Crippen molar-refractivity contribution in [1.82, 2.24) is 9.55 Å². The van der Waals surface area contributed by atoms with Crippen molar-refractivity contribution in [1.29, 1.82) is 0 Å². The molecule has 0 bridgehead atoms. The normalized spacial score (nSPS) is 11.3. The zero-order valence-electron chi connectivity index (χ0n) is 11.7. The summed E-state index contributed by atoms with van der Waals surface area (Å²) in [7, 11) is -1.31. The second-order valence-corrected chi connectivity index (χ2v) is 6.46. The lowest BCUT2D eigenvalue weighted by atomic mass is 10.2. The Hall–Kier alpha value is -2.02. The first kappa shape index (κ1) is 14.4. The summed E-state index contributed by atoms with van der Waals surface area (Å²) >= 11 is 0. The number of sulfonamides is 1. The zero-order chi connectivity index (χ0) is 14.8. The molecule has 0 radical (unpaired) electrons. The molecule has 0 aliphatic rings. The summed E-state index contributed by atoms with van der Waals surface area (Å²) in [5, 5.41) is 3.26. The fourth-order valence-corrected chi connectivity index (χ4v) is 2.46. The van der Waals surface area contributed by atoms with Gasteiger partial charge in [0, 0.05) is 25.1 Å². The number of nitrogens with one attached hydrogen (secondary N) is 2. The largest absolute Gasteiger partial charge is 0.378 e. The molecule has 0 aliphatic carbocycles. The van der Waals surface area contributed by atoms with Crippen LogP contribution in [-0.4, -0.2) is 24.2 Å². The predicted octanol–water partition coefficient (Wildman–Crippen LogP) is 1.71. The second kappa shape index (κ2) is 5.54. The maximum absolute atomic E-state index is 11.2. The van der Waals surface area contributed by atoms with E-state index in [4.69, 9.17) is 0 Å². The van der Waals surface area contributed by atoms with Gasteiger partial charge >= 0.3 is 0 Å². The number of nitrogens with zero attached hydrogens (tertiary/aromatic N) is 2. The van der Waals surface area contributed by atoms with Gasteiger partial charge in [-0.3, -0.25) is 4.72 Å². The molecule has 0 atom stereocenters. The molecule has 0 saturated carbocycles. The van der Waals surface area contributed by atoms with Crippen LogP contribution >= 0.6 is 0 Å². The van der Waals surface area contributed by atoms with Crippen LogP contribution in [0.1, 0.15) is 11.4 Å². The van der Waals surface area contributed by atoms with E-state index in [1.165, 1.54) is 0 Å². The first-order chi connectivity index (χ1) is 9.35. The van der Waals surface area contributed by atoms with Crippen molar-refractivity contribution in [3.63, 3.8) is 0 Å². The first-order valence-electron chi connectivity index (χ1n) is 6.14. The van der Waals surface area contributed by atoms with Crippen LogP contribution in [0.2, 0.25) is 0 Å². The van der Waals surface area contributed by atoms with Crippen LogP contribution in [0.4, 0.5) is 11.4 Å². The van der Waals surface area contributed by atoms with Gasteiger partial charge in [0.15, 0.2) is 0 Å². The smallest absolute Gasteiger partial charge is 0.229 e. The topological polar surface area (TPSA) is 76.0 Å². The van der Waals surface area contributed by atoms with E-state index in [1.54, 1.807) is 12.3 Å². The van der Waals surface area contributed by atoms with Crippen LogP contribution in [0.15, 0.2) is 30.6 Å². The molecule has 6 nitrogen and oxygen atoms in total. The number of rotatable bonds is 5. The minimum absolute atomic E-state index is 0.593. The van der Waals surface area contributed by atoms with E-state index in [0.717, 1.165) is 23.3 Å². The summed E-state index contributed by atoms with van der Waals surface area (Å²) in [6.07, 6.45) is 4.78. The van der Waals surface area contributed by atoms with Gasteiger partial charge < -0.3 is 9.88 Å². The maximum Gasteiger partial charge on any atom is 0.229 e. The van der Waals surface area contributed by atoms with Crippen LogP contribution in [0.5, 0.6) is 0 Å². The molecule has 0 saturated heterocycles. The Labute approximate surface area is 118 Å². The van der Waals surface area contributed by atoms with Crippen molar-refractivity contribution >= 4 is 21.4 Å². The number of aromatic nitrogens is 2. The molecule has 7 heteroatoms. The predicted molar refractivity (Wildman–Crippen MR) is 80.2 cm³/mol. The van der Waals surface area contributed by atoms with Gasteiger partial charge in [-0.1, -0.05) is 0 Å². The van der Waals surface area contributed by atoms with Crippen molar-refractivity contribution in [2.24, 2.45) is 7.05 Å². The number of hydrogen-bond donors (Lipinski definition) is 2. The quantitative estimate of drug-likeness (QED) is 0.880. The van der Waals surface area contributed by atoms with Gasteiger partial charge in [0.05, 0.1) is 18.5 Å². The molecule has 0 unspecified atom stereocenters. The number of aryl methyl sites for hydroxylation is 2. The molecule has 20 heavy (non-hydrogen) atoms. The number of hydrogen-bond acceptors (Lipinski definition) is 4. The lowest BCUT2D eigenvalue weighted by molar-refractivity contribution is 0.607. The lowest BCUT2D eigenvalue weighted by Crippen LogP contribution is -2.11. The summed E-state index contributed by atoms with van der Waals surface area (Å²) in [4.78, 5) is 4.23. The number of benzene rings is 1. The highest BCUT2D eigenvalue weighted by Crippen LogP contribution is 2.20. The summed E-state index contributed by atoms with van der Waals surface area (Å²) in [6, 6.07) is 5.48. The van der Waals surface area contributed by atoms with Crippen LogP contribution in [0, 0.1) is 6.92 Å². The van der Waals surface area contributed by atoms with E-state index in [2.05, 4.69) is 15.0 Å². The average Bonchev–Trinajstić information content (AvgIpc) is 2.74. The molecule has 1 heterocycles. The third kappa shape index (κ3) is 3.74. The summed E-state index contributed by atoms with van der Waals surface area (Å²) in [5.41, 5.74) is 2.37. The molecular weight excluding hydrogens is 276 g/mol. The summed E-state index contributed by atoms with van der Waals surface area (Å²) in [5.74, 6) is 0.931. The summed E-state index contributed by atoms with van der Waals surface area (Å²) in [6.45, 7) is 2.47. The zero-order valence-corrected chi connectivity index (χ0v) is 12.5. The van der Waals surface area contributed by atoms with Crippen molar-refractivity contribution in [3.05, 3.63) is 42.0 Å². The molecule has 2 rings (SSSR count). The molecule has 0 fully saturated rings. The van der Waals surface area contributed by atoms with Crippen molar-refractivity contribution in [3.8, 4) is 0 Å². The van der Waals surface area contributed by atoms with Crippen LogP contribution in [0.3, 0.4) is 0 Å². The Balaban J connectivity index is 2.07. The third-order valence-corrected chi connectivity index (χ3v) is 3.48. The van der Waals surface area contributed by atoms with Gasteiger partial charge in [-0.2, -0.15) is 0 Å². The van der Waals surface area contributed by atoms with Gasteiger partial charge in [0.25, 0.3) is 0 Å². The fourth-order valence-electron chi connectivity index (χ4n) is 1.84. The number of anilines is 2. The Morgan fingerprint density at radius 3 is 2.65 bits per heavy atom. The molecule has 0 spiro atoms. The monoisotopic (exact) mass is 294 g/mol. The molecular formula is C13H18N4O2S. The van der Waals surface area contributed by atoms with E-state index in [9.17, 15) is 8.42 Å². The molecule has 0 aliphatic heterocycles. The van der Waals surface area contributed by atoms with E-state index in [-0.39, 0.29) is 0 Å². The Kier molecular flexibility index (Phi) is 3.99. The van der Waals surface area contributed by atoms with Crippen LogP contribution < -0.4 is 10.0 Å². The van der Waals surface area contributed by atoms with E-state index < -0.39 is 10.0 Å². The van der Waals surface area contributed by atoms with Gasteiger partial charge in [-0.15, -0.1) is 0 Å². The summed E-state index contributed by atoms with van der Waals surface area (Å²) < 4.78 is 26.9. The van der Waals surface area contributed by atoms with Gasteiger partial charge in [0.1, 0.15) is 5.82 Å². The minimum Gasteiger partial charge on any atom is -0.378 e. The second-order valence-electron chi connectivity index (χ2n) is 4.71. The standard InChI is InChI=1S/C13H18N4O2S/c1-10-8-11(4-5-12(10)16-20(3,18)19)15-9-13-14-6-7-17(13)2/h4-8,15-16H,9H2,1-3H3. The van der Waals surface area contributed by atoms with Crippen LogP contribution in [-0.2, 0) is 23.6 Å². The SMILES string of the molecule is Cc1cc(NCc2nccn2C)ccc1NS(C)(=O)=O. The van der Waals surface area contributed by atoms with Gasteiger partial charge in [0.2, 0.25) is 10.0 Å². The van der Waals surface area contributed by atoms with Crippen molar-refractivity contribution < 1.29 is 8.42 Å². The fraction of sp³-hybridized carbons (Fsp3) is 0.308. The lowest BCUT2D eigenvalue weighted by Gasteiger charge is -2.11. The van der Waals surface area contributed by atoms with E-state index in [1.807, 2.05) is 36.9 Å². The third-order valence-electron chi connectivity index (χ3n) is 2.89. The highest BCUT2D eigenvalue weighted by Gasteiger charge is 2.06. The van der Waals surface area contributed by atoms with Crippen molar-refractivity contribution in [2.75, 3.05) is 16.3 Å². The van der Waals surface area contributed by atoms with Gasteiger partial charge in [-0.25, -0.2) is 13.4 Å². The van der Waals surface area contributed by atoms with Crippen molar-refractivity contribution in [2.45, 2.75) is 13.5 Å². The first-order valence-corrected chi connectivity index (χ1v) is 8.03. The van der Waals surface area contributed by atoms with E-state index >= 15 is 0 Å². The highest BCUT2D eigenvalue weighted by molar-refractivity contribution is 7.92. The average molecular weight is 294 g/mol.